The molecule has 2 heterocycles. The third kappa shape index (κ3) is 2.30. The Morgan fingerprint density at radius 1 is 0.962 bits per heavy atom. The number of benzene rings is 3. The van der Waals surface area contributed by atoms with E-state index in [1.54, 1.807) is 18.3 Å². The molecule has 0 radical (unpaired) electrons. The zero-order chi connectivity index (χ0) is 21.1. The van der Waals surface area contributed by atoms with Crippen LogP contribution in [0.3, 0.4) is 0 Å². The second-order valence-corrected chi connectivity index (χ2v) is 6.53. The molecule has 5 aromatic rings. The summed E-state index contributed by atoms with van der Waals surface area (Å²) in [6.07, 6.45) is 1.55. The van der Waals surface area contributed by atoms with Gasteiger partial charge in [-0.2, -0.15) is 0 Å². The highest BCUT2D eigenvalue weighted by Gasteiger charge is 2.14. The van der Waals surface area contributed by atoms with E-state index in [1.807, 2.05) is 36.4 Å². The minimum absolute atomic E-state index is 0.395. The van der Waals surface area contributed by atoms with E-state index in [-0.39, 0.29) is 0 Å². The van der Waals surface area contributed by atoms with E-state index < -0.39 is 12.7 Å². The van der Waals surface area contributed by atoms with Crippen LogP contribution in [0.25, 0.3) is 44.0 Å². The van der Waals surface area contributed by atoms with Crippen LogP contribution in [0.15, 0.2) is 77.3 Å². The maximum atomic E-state index is 8.40. The molecule has 2 nitrogen and oxygen atoms in total. The summed E-state index contributed by atoms with van der Waals surface area (Å²) in [6, 6.07) is 21.4. The van der Waals surface area contributed by atoms with Gasteiger partial charge in [-0.15, -0.1) is 0 Å². The highest BCUT2D eigenvalue weighted by molar-refractivity contribution is 6.13. The molecule has 2 aromatic heterocycles. The summed E-state index contributed by atoms with van der Waals surface area (Å²) < 4.78 is 37.8. The number of hydrogen-bond acceptors (Lipinski definition) is 2. The van der Waals surface area contributed by atoms with Gasteiger partial charge in [0.25, 0.3) is 0 Å². The van der Waals surface area contributed by atoms with Crippen molar-refractivity contribution < 1.29 is 9.90 Å². The van der Waals surface area contributed by atoms with Crippen LogP contribution in [0.1, 0.15) is 30.7 Å². The van der Waals surface area contributed by atoms with Gasteiger partial charge in [0.15, 0.2) is 0 Å². The van der Waals surface area contributed by atoms with Gasteiger partial charge in [0, 0.05) is 28.0 Å². The van der Waals surface area contributed by atoms with Gasteiger partial charge in [-0.25, -0.2) is 0 Å². The normalized spacial score (nSPS) is 16.8. The number of aromatic nitrogens is 1. The number of hydrogen-bond donors (Lipinski definition) is 0. The lowest BCUT2D eigenvalue weighted by Gasteiger charge is -2.07. The zero-order valence-electron chi connectivity index (χ0n) is 18.3. The SMILES string of the molecule is [2H]C([2H])([2H])C([2H])(C)c1ccnc(-c2cccc3c2oc2cc4ccccc4cc23)c1. The van der Waals surface area contributed by atoms with Crippen LogP contribution in [-0.2, 0) is 0 Å². The maximum absolute atomic E-state index is 8.40. The average molecular weight is 341 g/mol. The van der Waals surface area contributed by atoms with E-state index in [2.05, 4.69) is 23.2 Å². The average Bonchev–Trinajstić information content (AvgIpc) is 3.09. The zero-order valence-corrected chi connectivity index (χ0v) is 14.3. The van der Waals surface area contributed by atoms with E-state index in [0.717, 1.165) is 32.7 Å². The second kappa shape index (κ2) is 5.70. The van der Waals surface area contributed by atoms with Crippen molar-refractivity contribution >= 4 is 32.7 Å². The Labute approximate surface area is 157 Å². The third-order valence-electron chi connectivity index (χ3n) is 4.83. The smallest absolute Gasteiger partial charge is 0.144 e. The molecule has 5 rings (SSSR count). The van der Waals surface area contributed by atoms with Crippen molar-refractivity contribution in [2.24, 2.45) is 0 Å². The van der Waals surface area contributed by atoms with Gasteiger partial charge in [0.05, 0.1) is 5.69 Å². The van der Waals surface area contributed by atoms with E-state index in [9.17, 15) is 0 Å². The van der Waals surface area contributed by atoms with Gasteiger partial charge in [0.1, 0.15) is 11.2 Å². The predicted molar refractivity (Wildman–Crippen MR) is 109 cm³/mol. The first-order valence-electron chi connectivity index (χ1n) is 10.6. The molecular formula is C24H19NO. The van der Waals surface area contributed by atoms with E-state index >= 15 is 0 Å². The van der Waals surface area contributed by atoms with Crippen molar-refractivity contribution in [2.75, 3.05) is 0 Å². The molecule has 0 saturated heterocycles. The Balaban J connectivity index is 1.74. The summed E-state index contributed by atoms with van der Waals surface area (Å²) in [4.78, 5) is 4.45. The molecule has 0 spiro atoms. The summed E-state index contributed by atoms with van der Waals surface area (Å²) >= 11 is 0. The van der Waals surface area contributed by atoms with E-state index in [4.69, 9.17) is 9.90 Å². The van der Waals surface area contributed by atoms with Crippen LogP contribution in [0.4, 0.5) is 0 Å². The first kappa shape index (κ1) is 11.5. The van der Waals surface area contributed by atoms with Gasteiger partial charge in [-0.05, 0) is 52.6 Å². The molecule has 0 aliphatic heterocycles. The fourth-order valence-electron chi connectivity index (χ4n) is 3.50. The lowest BCUT2D eigenvalue weighted by Crippen LogP contribution is -1.90. The van der Waals surface area contributed by atoms with Crippen molar-refractivity contribution in [3.63, 3.8) is 0 Å². The Bertz CT molecular complexity index is 1420. The first-order chi connectivity index (χ1) is 14.3. The third-order valence-corrected chi connectivity index (χ3v) is 4.83. The maximum Gasteiger partial charge on any atom is 0.144 e. The fourth-order valence-corrected chi connectivity index (χ4v) is 3.50. The van der Waals surface area contributed by atoms with Crippen LogP contribution >= 0.6 is 0 Å². The number of furan rings is 1. The number of pyridine rings is 1. The highest BCUT2D eigenvalue weighted by atomic mass is 16.3. The molecule has 0 fully saturated rings. The molecule has 0 saturated carbocycles. The molecule has 0 N–H and O–H groups in total. The van der Waals surface area contributed by atoms with Crippen LogP contribution in [0.5, 0.6) is 0 Å². The molecule has 0 amide bonds. The van der Waals surface area contributed by atoms with Crippen LogP contribution in [-0.4, -0.2) is 4.98 Å². The quantitative estimate of drug-likeness (QED) is 0.348. The number of nitrogens with zero attached hydrogens (tertiary/aromatic N) is 1. The Hall–Kier alpha value is -3.13. The number of para-hydroxylation sites is 1. The summed E-state index contributed by atoms with van der Waals surface area (Å²) in [5.74, 6) is -1.73. The largest absolute Gasteiger partial charge is 0.455 e. The van der Waals surface area contributed by atoms with Gasteiger partial charge in [-0.3, -0.25) is 4.98 Å². The molecule has 0 bridgehead atoms. The van der Waals surface area contributed by atoms with Gasteiger partial charge in [0.2, 0.25) is 0 Å². The lowest BCUT2D eigenvalue weighted by atomic mass is 10.00. The summed E-state index contributed by atoms with van der Waals surface area (Å²) in [6.45, 7) is -1.04. The summed E-state index contributed by atoms with van der Waals surface area (Å²) in [5.41, 5.74) is 3.25. The molecule has 126 valence electrons. The van der Waals surface area contributed by atoms with Crippen LogP contribution < -0.4 is 0 Å². The molecule has 0 aliphatic rings. The summed E-state index contributed by atoms with van der Waals surface area (Å²) in [5, 5.41) is 4.24. The molecule has 1 atom stereocenters. The van der Waals surface area contributed by atoms with Gasteiger partial charge >= 0.3 is 0 Å². The van der Waals surface area contributed by atoms with E-state index in [1.165, 1.54) is 6.92 Å². The minimum Gasteiger partial charge on any atom is -0.455 e. The standard InChI is InChI=1S/C24H19NO/c1-15(2)16-10-11-25-22(13-16)20-9-5-8-19-21-12-17-6-3-4-7-18(17)14-23(21)26-24(19)20/h3-15H,1-2H3/i1D3,15D. The van der Waals surface area contributed by atoms with Crippen molar-refractivity contribution in [3.05, 3.63) is 78.5 Å². The van der Waals surface area contributed by atoms with Crippen molar-refractivity contribution in [3.8, 4) is 11.3 Å². The molecule has 1 unspecified atom stereocenters. The first-order valence-corrected chi connectivity index (χ1v) is 8.57. The van der Waals surface area contributed by atoms with Crippen molar-refractivity contribution in [1.29, 1.82) is 0 Å². The second-order valence-electron chi connectivity index (χ2n) is 6.53. The lowest BCUT2D eigenvalue weighted by molar-refractivity contribution is 0.670. The number of rotatable bonds is 2. The molecular weight excluding hydrogens is 318 g/mol. The molecule has 0 aliphatic carbocycles. The van der Waals surface area contributed by atoms with Crippen molar-refractivity contribution in [1.82, 2.24) is 4.98 Å². The van der Waals surface area contributed by atoms with Crippen LogP contribution in [0.2, 0.25) is 0 Å². The summed E-state index contributed by atoms with van der Waals surface area (Å²) in [7, 11) is 0. The molecule has 2 heteroatoms. The Morgan fingerprint density at radius 3 is 2.65 bits per heavy atom. The topological polar surface area (TPSA) is 26.0 Å². The minimum atomic E-state index is -2.45. The Morgan fingerprint density at radius 2 is 1.81 bits per heavy atom. The molecule has 3 aromatic carbocycles. The highest BCUT2D eigenvalue weighted by Crippen LogP contribution is 2.37. The van der Waals surface area contributed by atoms with E-state index in [0.29, 0.717) is 16.8 Å². The monoisotopic (exact) mass is 341 g/mol. The van der Waals surface area contributed by atoms with Gasteiger partial charge in [-0.1, -0.05) is 50.2 Å². The van der Waals surface area contributed by atoms with Crippen LogP contribution in [0, 0.1) is 0 Å². The predicted octanol–water partition coefficient (Wildman–Crippen LogP) is 6.92. The fraction of sp³-hybridized carbons (Fsp3) is 0.125. The number of fused-ring (bicyclic) bond motifs is 4. The van der Waals surface area contributed by atoms with Crippen molar-refractivity contribution in [2.45, 2.75) is 19.7 Å². The molecule has 26 heavy (non-hydrogen) atoms. The Kier molecular flexibility index (Phi) is 2.52. The van der Waals surface area contributed by atoms with Gasteiger partial charge < -0.3 is 4.42 Å².